The summed E-state index contributed by atoms with van der Waals surface area (Å²) in [6.45, 7) is 3.54. The van der Waals surface area contributed by atoms with E-state index in [9.17, 15) is 8.42 Å². The third-order valence-electron chi connectivity index (χ3n) is 1.43. The Morgan fingerprint density at radius 2 is 1.73 bits per heavy atom. The minimum absolute atomic E-state index is 0.0360. The Bertz CT molecular complexity index is 314. The van der Waals surface area contributed by atoms with E-state index in [1.807, 2.05) is 18.2 Å². The Morgan fingerprint density at radius 3 is 2.33 bits per heavy atom. The van der Waals surface area contributed by atoms with E-state index in [-0.39, 0.29) is 6.61 Å². The molecule has 0 aliphatic rings. The summed E-state index contributed by atoms with van der Waals surface area (Å²) >= 11 is 0. The van der Waals surface area contributed by atoms with Gasteiger partial charge in [-0.25, -0.2) is 4.18 Å². The van der Waals surface area contributed by atoms with Crippen molar-refractivity contribution in [2.75, 3.05) is 6.61 Å². The lowest BCUT2D eigenvalue weighted by Crippen LogP contribution is -2.03. The van der Waals surface area contributed by atoms with Gasteiger partial charge in [0.25, 0.3) is 0 Å². The average molecular weight is 232 g/mol. The van der Waals surface area contributed by atoms with Gasteiger partial charge in [-0.1, -0.05) is 30.4 Å². The fourth-order valence-electron chi connectivity index (χ4n) is 0.803. The largest absolute Gasteiger partial charge is 0.397 e. The molecule has 0 fully saturated rings. The van der Waals surface area contributed by atoms with Gasteiger partial charge < -0.3 is 0 Å². The lowest BCUT2D eigenvalue weighted by Gasteiger charge is -1.94. The Hall–Kier alpha value is -0.910. The smallest absolute Gasteiger partial charge is 0.264 e. The molecule has 5 heteroatoms. The van der Waals surface area contributed by atoms with Crippen LogP contribution in [0.4, 0.5) is 0 Å². The zero-order valence-electron chi connectivity index (χ0n) is 8.50. The van der Waals surface area contributed by atoms with Crippen LogP contribution >= 0.6 is 0 Å². The third kappa shape index (κ3) is 13.1. The predicted molar refractivity (Wildman–Crippen MR) is 59.8 cm³/mol. The molecule has 0 atom stereocenters. The molecule has 1 N–H and O–H groups in total. The highest BCUT2D eigenvalue weighted by molar-refractivity contribution is 7.80. The van der Waals surface area contributed by atoms with E-state index in [0.29, 0.717) is 6.42 Å². The van der Waals surface area contributed by atoms with Crippen molar-refractivity contribution in [3.63, 3.8) is 0 Å². The molecule has 15 heavy (non-hydrogen) atoms. The van der Waals surface area contributed by atoms with Gasteiger partial charge in [0, 0.05) is 0 Å². The molecule has 0 aromatic heterocycles. The minimum Gasteiger partial charge on any atom is -0.264 e. The summed E-state index contributed by atoms with van der Waals surface area (Å²) in [7, 11) is -4.29. The molecule has 0 amide bonds. The number of hydrogen-bond donors (Lipinski definition) is 1. The SMILES string of the molecule is C=CC/C=C/C/C=C/CCOS(=O)(=O)O. The number of hydrogen-bond acceptors (Lipinski definition) is 3. The third-order valence-corrected chi connectivity index (χ3v) is 1.89. The van der Waals surface area contributed by atoms with Crippen LogP contribution in [0.2, 0.25) is 0 Å². The van der Waals surface area contributed by atoms with Gasteiger partial charge in [0.2, 0.25) is 0 Å². The molecule has 4 nitrogen and oxygen atoms in total. The number of rotatable bonds is 8. The molecule has 0 saturated carbocycles. The Balaban J connectivity index is 3.44. The van der Waals surface area contributed by atoms with Crippen LogP contribution in [0.25, 0.3) is 0 Å². The van der Waals surface area contributed by atoms with E-state index in [1.165, 1.54) is 0 Å². The van der Waals surface area contributed by atoms with Crippen molar-refractivity contribution in [1.29, 1.82) is 0 Å². The molecule has 0 aromatic rings. The molecule has 0 rings (SSSR count). The van der Waals surface area contributed by atoms with Crippen molar-refractivity contribution in [2.45, 2.75) is 19.3 Å². The maximum Gasteiger partial charge on any atom is 0.397 e. The van der Waals surface area contributed by atoms with Crippen molar-refractivity contribution >= 4 is 10.4 Å². The normalized spacial score (nSPS) is 12.6. The van der Waals surface area contributed by atoms with Crippen LogP contribution in [0.1, 0.15) is 19.3 Å². The quantitative estimate of drug-likeness (QED) is 0.396. The van der Waals surface area contributed by atoms with E-state index in [0.717, 1.165) is 12.8 Å². The van der Waals surface area contributed by atoms with Crippen LogP contribution in [-0.4, -0.2) is 19.6 Å². The molecule has 86 valence electrons. The summed E-state index contributed by atoms with van der Waals surface area (Å²) < 4.78 is 32.6. The molecular weight excluding hydrogens is 216 g/mol. The summed E-state index contributed by atoms with van der Waals surface area (Å²) in [6.07, 6.45) is 11.6. The topological polar surface area (TPSA) is 63.6 Å². The fourth-order valence-corrected chi connectivity index (χ4v) is 1.11. The van der Waals surface area contributed by atoms with E-state index in [1.54, 1.807) is 12.2 Å². The zero-order chi connectivity index (χ0) is 11.6. The highest BCUT2D eigenvalue weighted by atomic mass is 32.3. The first-order chi connectivity index (χ1) is 7.06. The molecule has 0 spiro atoms. The molecule has 0 heterocycles. The van der Waals surface area contributed by atoms with Gasteiger partial charge in [-0.05, 0) is 19.3 Å². The monoisotopic (exact) mass is 232 g/mol. The fraction of sp³-hybridized carbons (Fsp3) is 0.400. The van der Waals surface area contributed by atoms with Gasteiger partial charge in [-0.15, -0.1) is 6.58 Å². The molecule has 0 aliphatic carbocycles. The van der Waals surface area contributed by atoms with Gasteiger partial charge >= 0.3 is 10.4 Å². The van der Waals surface area contributed by atoms with Crippen LogP contribution in [0, 0.1) is 0 Å². The van der Waals surface area contributed by atoms with Crippen LogP contribution in [0.15, 0.2) is 37.0 Å². The summed E-state index contributed by atoms with van der Waals surface area (Å²) in [4.78, 5) is 0. The average Bonchev–Trinajstić information content (AvgIpc) is 2.14. The van der Waals surface area contributed by atoms with Gasteiger partial charge in [0.15, 0.2) is 0 Å². The highest BCUT2D eigenvalue weighted by Gasteiger charge is 2.00. The lowest BCUT2D eigenvalue weighted by atomic mass is 10.3. The first-order valence-corrected chi connectivity index (χ1v) is 5.95. The Labute approximate surface area is 90.9 Å². The summed E-state index contributed by atoms with van der Waals surface area (Å²) in [5, 5.41) is 0. The van der Waals surface area contributed by atoms with Crippen LogP contribution in [-0.2, 0) is 14.6 Å². The van der Waals surface area contributed by atoms with Crippen molar-refractivity contribution in [2.24, 2.45) is 0 Å². The molecule has 0 saturated heterocycles. The minimum atomic E-state index is -4.29. The second kappa shape index (κ2) is 8.40. The van der Waals surface area contributed by atoms with Gasteiger partial charge in [0.1, 0.15) is 0 Å². The zero-order valence-corrected chi connectivity index (χ0v) is 9.32. The molecular formula is C10H16O4S. The molecule has 0 aromatic carbocycles. The Morgan fingerprint density at radius 1 is 1.13 bits per heavy atom. The van der Waals surface area contributed by atoms with Gasteiger partial charge in [0.05, 0.1) is 6.61 Å². The van der Waals surface area contributed by atoms with E-state index in [4.69, 9.17) is 4.55 Å². The van der Waals surface area contributed by atoms with Crippen molar-refractivity contribution in [3.05, 3.63) is 37.0 Å². The van der Waals surface area contributed by atoms with Crippen LogP contribution in [0.5, 0.6) is 0 Å². The maximum absolute atomic E-state index is 10.1. The maximum atomic E-state index is 10.1. The standard InChI is InChI=1S/C10H16O4S/c1-2-3-4-5-6-7-8-9-10-14-15(11,12)13/h2,4-5,7-8H,1,3,6,9-10H2,(H,11,12,13)/b5-4+,8-7+. The number of allylic oxidation sites excluding steroid dienone is 4. The first kappa shape index (κ1) is 14.1. The molecule has 0 aliphatic heterocycles. The second-order valence-corrected chi connectivity index (χ2v) is 3.83. The van der Waals surface area contributed by atoms with Crippen molar-refractivity contribution < 1.29 is 17.2 Å². The second-order valence-electron chi connectivity index (χ2n) is 2.74. The van der Waals surface area contributed by atoms with E-state index >= 15 is 0 Å². The first-order valence-electron chi connectivity index (χ1n) is 4.59. The van der Waals surface area contributed by atoms with Gasteiger partial charge in [-0.2, -0.15) is 8.42 Å². The van der Waals surface area contributed by atoms with Crippen LogP contribution in [0.3, 0.4) is 0 Å². The van der Waals surface area contributed by atoms with Crippen molar-refractivity contribution in [1.82, 2.24) is 0 Å². The Kier molecular flexibility index (Phi) is 7.89. The highest BCUT2D eigenvalue weighted by Crippen LogP contribution is 1.94. The summed E-state index contributed by atoms with van der Waals surface area (Å²) in [6, 6.07) is 0. The van der Waals surface area contributed by atoms with Crippen molar-refractivity contribution in [3.8, 4) is 0 Å². The van der Waals surface area contributed by atoms with E-state index < -0.39 is 10.4 Å². The predicted octanol–water partition coefficient (Wildman–Crippen LogP) is 2.27. The lowest BCUT2D eigenvalue weighted by molar-refractivity contribution is 0.273. The molecule has 0 unspecified atom stereocenters. The van der Waals surface area contributed by atoms with Crippen LogP contribution < -0.4 is 0 Å². The summed E-state index contributed by atoms with van der Waals surface area (Å²) in [5.41, 5.74) is 0. The van der Waals surface area contributed by atoms with E-state index in [2.05, 4.69) is 10.8 Å². The van der Waals surface area contributed by atoms with Gasteiger partial charge in [-0.3, -0.25) is 4.55 Å². The molecule has 0 bridgehead atoms. The molecule has 0 radical (unpaired) electrons. The summed E-state index contributed by atoms with van der Waals surface area (Å²) in [5.74, 6) is 0.